The maximum absolute atomic E-state index is 13.0. The Bertz CT molecular complexity index is 598. The Labute approximate surface area is 127 Å². The molecule has 0 amide bonds. The standard InChI is InChI=1S/C14H9BrFIO/c15-10-3-1-2-9(6-10)7-14(18)12-5-4-11(16)8-13(12)17/h1-6,8H,7H2. The molecule has 0 aromatic heterocycles. The number of benzene rings is 2. The number of hydrogen-bond donors (Lipinski definition) is 0. The third-order valence-electron chi connectivity index (χ3n) is 2.49. The van der Waals surface area contributed by atoms with Crippen LogP contribution in [0.1, 0.15) is 15.9 Å². The second-order valence-corrected chi connectivity index (χ2v) is 5.93. The lowest BCUT2D eigenvalue weighted by Gasteiger charge is -2.04. The highest BCUT2D eigenvalue weighted by Crippen LogP contribution is 2.18. The number of rotatable bonds is 3. The highest BCUT2D eigenvalue weighted by Gasteiger charge is 2.11. The molecule has 0 atom stereocenters. The number of ketones is 1. The molecule has 2 aromatic carbocycles. The summed E-state index contributed by atoms with van der Waals surface area (Å²) in [5.74, 6) is -0.323. The topological polar surface area (TPSA) is 17.1 Å². The van der Waals surface area contributed by atoms with Crippen LogP contribution in [0.2, 0.25) is 0 Å². The van der Waals surface area contributed by atoms with Crippen LogP contribution in [-0.2, 0) is 6.42 Å². The lowest BCUT2D eigenvalue weighted by atomic mass is 10.0. The van der Waals surface area contributed by atoms with Crippen LogP contribution >= 0.6 is 38.5 Å². The summed E-state index contributed by atoms with van der Waals surface area (Å²) in [5, 5.41) is 0. The van der Waals surface area contributed by atoms with E-state index in [1.807, 2.05) is 46.9 Å². The minimum atomic E-state index is -0.321. The van der Waals surface area contributed by atoms with E-state index in [0.29, 0.717) is 15.6 Å². The summed E-state index contributed by atoms with van der Waals surface area (Å²) >= 11 is 5.35. The van der Waals surface area contributed by atoms with Gasteiger partial charge in [0.2, 0.25) is 0 Å². The first-order valence-electron chi connectivity index (χ1n) is 5.29. The molecule has 0 aliphatic carbocycles. The number of halogens is 3. The molecular weight excluding hydrogens is 410 g/mol. The largest absolute Gasteiger partial charge is 0.294 e. The van der Waals surface area contributed by atoms with E-state index < -0.39 is 0 Å². The SMILES string of the molecule is O=C(Cc1cccc(Br)c1)c1ccc(F)cc1I. The van der Waals surface area contributed by atoms with E-state index in [0.717, 1.165) is 10.0 Å². The first-order valence-corrected chi connectivity index (χ1v) is 7.16. The van der Waals surface area contributed by atoms with Gasteiger partial charge in [-0.3, -0.25) is 4.79 Å². The van der Waals surface area contributed by atoms with Gasteiger partial charge < -0.3 is 0 Å². The predicted molar refractivity (Wildman–Crippen MR) is 81.3 cm³/mol. The molecule has 1 nitrogen and oxygen atoms in total. The smallest absolute Gasteiger partial charge is 0.168 e. The Kier molecular flexibility index (Phi) is 4.50. The molecule has 4 heteroatoms. The maximum Gasteiger partial charge on any atom is 0.168 e. The first-order chi connectivity index (χ1) is 8.56. The van der Waals surface area contributed by atoms with E-state index in [-0.39, 0.29) is 11.6 Å². The number of carbonyl (C=O) groups is 1. The van der Waals surface area contributed by atoms with Gasteiger partial charge in [0, 0.05) is 20.0 Å². The molecule has 0 bridgehead atoms. The molecule has 2 rings (SSSR count). The van der Waals surface area contributed by atoms with Crippen LogP contribution in [0.25, 0.3) is 0 Å². The summed E-state index contributed by atoms with van der Waals surface area (Å²) < 4.78 is 14.6. The van der Waals surface area contributed by atoms with E-state index in [9.17, 15) is 9.18 Å². The summed E-state index contributed by atoms with van der Waals surface area (Å²) in [5.41, 5.74) is 1.51. The van der Waals surface area contributed by atoms with E-state index in [4.69, 9.17) is 0 Å². The summed E-state index contributed by atoms with van der Waals surface area (Å²) in [6, 6.07) is 11.8. The molecule has 92 valence electrons. The second kappa shape index (κ2) is 5.93. The van der Waals surface area contributed by atoms with Gasteiger partial charge in [0.15, 0.2) is 5.78 Å². The molecule has 0 radical (unpaired) electrons. The fraction of sp³-hybridized carbons (Fsp3) is 0.0714. The van der Waals surface area contributed by atoms with Gasteiger partial charge in [-0.15, -0.1) is 0 Å². The van der Waals surface area contributed by atoms with Crippen LogP contribution in [0.15, 0.2) is 46.9 Å². The van der Waals surface area contributed by atoms with Gasteiger partial charge in [0.05, 0.1) is 0 Å². The zero-order chi connectivity index (χ0) is 13.1. The molecule has 0 unspecified atom stereocenters. The maximum atomic E-state index is 13.0. The summed E-state index contributed by atoms with van der Waals surface area (Å²) in [6.07, 6.45) is 0.321. The normalized spacial score (nSPS) is 10.4. The van der Waals surface area contributed by atoms with Crippen molar-refractivity contribution < 1.29 is 9.18 Å². The molecule has 2 aromatic rings. The highest BCUT2D eigenvalue weighted by molar-refractivity contribution is 14.1. The zero-order valence-corrected chi connectivity index (χ0v) is 13.0. The zero-order valence-electron chi connectivity index (χ0n) is 9.29. The quantitative estimate of drug-likeness (QED) is 0.525. The van der Waals surface area contributed by atoms with Crippen molar-refractivity contribution in [3.63, 3.8) is 0 Å². The third kappa shape index (κ3) is 3.38. The van der Waals surface area contributed by atoms with Crippen molar-refractivity contribution in [2.24, 2.45) is 0 Å². The second-order valence-electron chi connectivity index (χ2n) is 3.85. The van der Waals surface area contributed by atoms with Gasteiger partial charge in [-0.2, -0.15) is 0 Å². The van der Waals surface area contributed by atoms with Crippen LogP contribution in [0.4, 0.5) is 4.39 Å². The fourth-order valence-corrected chi connectivity index (χ4v) is 2.87. The summed E-state index contributed by atoms with van der Waals surface area (Å²) in [6.45, 7) is 0. The Balaban J connectivity index is 2.22. The van der Waals surface area contributed by atoms with Crippen molar-refractivity contribution in [3.05, 3.63) is 67.5 Å². The lowest BCUT2D eigenvalue weighted by Crippen LogP contribution is -2.06. The molecule has 0 aliphatic heterocycles. The van der Waals surface area contributed by atoms with Gasteiger partial charge in [-0.25, -0.2) is 4.39 Å². The predicted octanol–water partition coefficient (Wildman–Crippen LogP) is 4.62. The number of hydrogen-bond acceptors (Lipinski definition) is 1. The van der Waals surface area contributed by atoms with Gasteiger partial charge in [-0.1, -0.05) is 28.1 Å². The number of carbonyl (C=O) groups excluding carboxylic acids is 1. The summed E-state index contributed by atoms with van der Waals surface area (Å²) in [4.78, 5) is 12.1. The fourth-order valence-electron chi connectivity index (χ4n) is 1.64. The van der Waals surface area contributed by atoms with Gasteiger partial charge in [-0.05, 0) is 58.5 Å². The van der Waals surface area contributed by atoms with Crippen molar-refractivity contribution in [1.29, 1.82) is 0 Å². The Hall–Kier alpha value is -0.750. The molecule has 0 heterocycles. The average molecular weight is 419 g/mol. The van der Waals surface area contributed by atoms with E-state index in [1.54, 1.807) is 0 Å². The Morgan fingerprint density at radius 3 is 2.67 bits per heavy atom. The molecule has 18 heavy (non-hydrogen) atoms. The van der Waals surface area contributed by atoms with Crippen molar-refractivity contribution in [2.75, 3.05) is 0 Å². The Morgan fingerprint density at radius 2 is 2.00 bits per heavy atom. The number of Topliss-reactive ketones (excluding diaryl/α,β-unsaturated/α-hetero) is 1. The van der Waals surface area contributed by atoms with Crippen molar-refractivity contribution in [1.82, 2.24) is 0 Å². The van der Waals surface area contributed by atoms with Crippen LogP contribution < -0.4 is 0 Å². The molecule has 0 spiro atoms. The van der Waals surface area contributed by atoms with Crippen molar-refractivity contribution in [3.8, 4) is 0 Å². The first kappa shape index (κ1) is 13.7. The monoisotopic (exact) mass is 418 g/mol. The Morgan fingerprint density at radius 1 is 1.22 bits per heavy atom. The van der Waals surface area contributed by atoms with Gasteiger partial charge in [0.25, 0.3) is 0 Å². The van der Waals surface area contributed by atoms with Crippen LogP contribution in [0, 0.1) is 9.39 Å². The summed E-state index contributed by atoms with van der Waals surface area (Å²) in [7, 11) is 0. The molecule has 0 fully saturated rings. The van der Waals surface area contributed by atoms with Crippen LogP contribution in [-0.4, -0.2) is 5.78 Å². The van der Waals surface area contributed by atoms with E-state index >= 15 is 0 Å². The van der Waals surface area contributed by atoms with Crippen LogP contribution in [0.5, 0.6) is 0 Å². The van der Waals surface area contributed by atoms with E-state index in [2.05, 4.69) is 15.9 Å². The molecule has 0 saturated carbocycles. The molecule has 0 saturated heterocycles. The van der Waals surface area contributed by atoms with Gasteiger partial charge in [0.1, 0.15) is 5.82 Å². The highest BCUT2D eigenvalue weighted by atomic mass is 127. The lowest BCUT2D eigenvalue weighted by molar-refractivity contribution is 0.0992. The molecule has 0 N–H and O–H groups in total. The molecule has 0 aliphatic rings. The minimum Gasteiger partial charge on any atom is -0.294 e. The van der Waals surface area contributed by atoms with Crippen molar-refractivity contribution in [2.45, 2.75) is 6.42 Å². The average Bonchev–Trinajstić information content (AvgIpc) is 2.28. The minimum absolute atomic E-state index is 0.00231. The van der Waals surface area contributed by atoms with Crippen LogP contribution in [0.3, 0.4) is 0 Å². The molecular formula is C14H9BrFIO. The van der Waals surface area contributed by atoms with Crippen molar-refractivity contribution >= 4 is 44.3 Å². The third-order valence-corrected chi connectivity index (χ3v) is 3.87. The van der Waals surface area contributed by atoms with Gasteiger partial charge >= 0.3 is 0 Å². The van der Waals surface area contributed by atoms with E-state index in [1.165, 1.54) is 18.2 Å².